The van der Waals surface area contributed by atoms with E-state index in [1.54, 1.807) is 7.05 Å². The fraction of sp³-hybridized carbons (Fsp3) is 0.545. The number of thioether (sulfide) groups is 1. The smallest absolute Gasteiger partial charge is 0.168 e. The molecule has 1 saturated heterocycles. The SMILES string of the molecule is CNc1nc(N2CCCSCC2)c(F)cc1F. The van der Waals surface area contributed by atoms with Gasteiger partial charge in [-0.2, -0.15) is 11.8 Å². The van der Waals surface area contributed by atoms with Gasteiger partial charge in [0.1, 0.15) is 0 Å². The van der Waals surface area contributed by atoms with Crippen LogP contribution in [0.5, 0.6) is 0 Å². The number of nitrogens with zero attached hydrogens (tertiary/aromatic N) is 2. The molecule has 0 saturated carbocycles. The van der Waals surface area contributed by atoms with Crippen molar-refractivity contribution in [1.29, 1.82) is 0 Å². The lowest BCUT2D eigenvalue weighted by molar-refractivity contribution is 0.570. The van der Waals surface area contributed by atoms with Crippen molar-refractivity contribution in [3.05, 3.63) is 17.7 Å². The summed E-state index contributed by atoms with van der Waals surface area (Å²) in [5.41, 5.74) is 0. The molecule has 0 amide bonds. The first kappa shape index (κ1) is 12.4. The quantitative estimate of drug-likeness (QED) is 0.882. The van der Waals surface area contributed by atoms with Crippen LogP contribution >= 0.6 is 11.8 Å². The first-order chi connectivity index (χ1) is 8.22. The van der Waals surface area contributed by atoms with Gasteiger partial charge in [-0.05, 0) is 12.2 Å². The molecule has 94 valence electrons. The van der Waals surface area contributed by atoms with Gasteiger partial charge in [-0.25, -0.2) is 13.8 Å². The summed E-state index contributed by atoms with van der Waals surface area (Å²) in [5, 5.41) is 2.63. The van der Waals surface area contributed by atoms with Crippen LogP contribution in [0.15, 0.2) is 6.07 Å². The molecule has 6 heteroatoms. The highest BCUT2D eigenvalue weighted by Gasteiger charge is 2.18. The highest BCUT2D eigenvalue weighted by atomic mass is 32.2. The summed E-state index contributed by atoms with van der Waals surface area (Å²) < 4.78 is 27.0. The Morgan fingerprint density at radius 2 is 2.12 bits per heavy atom. The third-order valence-electron chi connectivity index (χ3n) is 2.67. The Hall–Kier alpha value is -1.04. The fourth-order valence-corrected chi connectivity index (χ4v) is 2.70. The number of rotatable bonds is 2. The number of aromatic nitrogens is 1. The maximum Gasteiger partial charge on any atom is 0.168 e. The van der Waals surface area contributed by atoms with Gasteiger partial charge in [0, 0.05) is 32.0 Å². The standard InChI is InChI=1S/C11H15F2N3S/c1-14-10-8(12)7-9(13)11(15-10)16-3-2-5-17-6-4-16/h7H,2-6H2,1H3,(H,14,15). The molecule has 17 heavy (non-hydrogen) atoms. The minimum Gasteiger partial charge on any atom is -0.371 e. The number of nitrogens with one attached hydrogen (secondary N) is 1. The van der Waals surface area contributed by atoms with Crippen molar-refractivity contribution in [2.75, 3.05) is 41.9 Å². The van der Waals surface area contributed by atoms with E-state index in [9.17, 15) is 8.78 Å². The van der Waals surface area contributed by atoms with E-state index in [0.717, 1.165) is 37.1 Å². The molecule has 1 aromatic rings. The summed E-state index contributed by atoms with van der Waals surface area (Å²) in [6.07, 6.45) is 0.998. The first-order valence-corrected chi connectivity index (χ1v) is 6.74. The van der Waals surface area contributed by atoms with Gasteiger partial charge in [-0.1, -0.05) is 0 Å². The van der Waals surface area contributed by atoms with Crippen LogP contribution in [-0.2, 0) is 0 Å². The van der Waals surface area contributed by atoms with Crippen LogP contribution in [0.3, 0.4) is 0 Å². The molecule has 1 fully saturated rings. The van der Waals surface area contributed by atoms with E-state index < -0.39 is 11.6 Å². The van der Waals surface area contributed by atoms with Crippen LogP contribution in [0.1, 0.15) is 6.42 Å². The number of pyridine rings is 1. The Morgan fingerprint density at radius 1 is 1.29 bits per heavy atom. The monoisotopic (exact) mass is 259 g/mol. The van der Waals surface area contributed by atoms with Crippen molar-refractivity contribution >= 4 is 23.4 Å². The molecule has 3 nitrogen and oxygen atoms in total. The van der Waals surface area contributed by atoms with E-state index in [4.69, 9.17) is 0 Å². The van der Waals surface area contributed by atoms with Gasteiger partial charge >= 0.3 is 0 Å². The first-order valence-electron chi connectivity index (χ1n) is 5.59. The normalized spacial score (nSPS) is 16.8. The number of halogens is 2. The second kappa shape index (κ2) is 5.53. The Morgan fingerprint density at radius 3 is 2.88 bits per heavy atom. The minimum atomic E-state index is -0.655. The van der Waals surface area contributed by atoms with Crippen molar-refractivity contribution in [1.82, 2.24) is 4.98 Å². The lowest BCUT2D eigenvalue weighted by Crippen LogP contribution is -2.27. The molecule has 0 bridgehead atoms. The largest absolute Gasteiger partial charge is 0.371 e. The molecule has 0 aliphatic carbocycles. The third kappa shape index (κ3) is 2.80. The Balaban J connectivity index is 2.29. The minimum absolute atomic E-state index is 0.0956. The topological polar surface area (TPSA) is 28.2 Å². The number of hydrogen-bond acceptors (Lipinski definition) is 4. The van der Waals surface area contributed by atoms with E-state index in [1.807, 2.05) is 16.7 Å². The van der Waals surface area contributed by atoms with Crippen LogP contribution in [0.4, 0.5) is 20.4 Å². The predicted octanol–water partition coefficient (Wildman–Crippen LogP) is 2.34. The molecule has 0 radical (unpaired) electrons. The third-order valence-corrected chi connectivity index (χ3v) is 3.72. The highest BCUT2D eigenvalue weighted by molar-refractivity contribution is 7.99. The summed E-state index contributed by atoms with van der Waals surface area (Å²) in [5.74, 6) is 1.13. The van der Waals surface area contributed by atoms with Crippen molar-refractivity contribution in [3.63, 3.8) is 0 Å². The number of hydrogen-bond donors (Lipinski definition) is 1. The van der Waals surface area contributed by atoms with E-state index in [2.05, 4.69) is 10.3 Å². The maximum atomic E-state index is 13.7. The molecule has 0 atom stereocenters. The van der Waals surface area contributed by atoms with Crippen LogP contribution in [0.25, 0.3) is 0 Å². The average molecular weight is 259 g/mol. The fourth-order valence-electron chi connectivity index (χ4n) is 1.81. The zero-order valence-corrected chi connectivity index (χ0v) is 10.5. The molecule has 0 aromatic carbocycles. The molecule has 2 heterocycles. The lowest BCUT2D eigenvalue weighted by Gasteiger charge is -2.22. The average Bonchev–Trinajstić information content (AvgIpc) is 2.58. The number of anilines is 2. The van der Waals surface area contributed by atoms with Crippen LogP contribution < -0.4 is 10.2 Å². The van der Waals surface area contributed by atoms with Crippen LogP contribution in [0, 0.1) is 11.6 Å². The maximum absolute atomic E-state index is 13.7. The van der Waals surface area contributed by atoms with Crippen molar-refractivity contribution in [2.45, 2.75) is 6.42 Å². The highest BCUT2D eigenvalue weighted by Crippen LogP contribution is 2.24. The predicted molar refractivity (Wildman–Crippen MR) is 67.9 cm³/mol. The van der Waals surface area contributed by atoms with Gasteiger partial charge < -0.3 is 10.2 Å². The van der Waals surface area contributed by atoms with Gasteiger partial charge in [0.25, 0.3) is 0 Å². The Labute approximate surface area is 104 Å². The molecule has 0 spiro atoms. The summed E-state index contributed by atoms with van der Waals surface area (Å²) >= 11 is 1.85. The Bertz CT molecular complexity index is 393. The van der Waals surface area contributed by atoms with Gasteiger partial charge in [-0.15, -0.1) is 0 Å². The van der Waals surface area contributed by atoms with E-state index in [0.29, 0.717) is 0 Å². The molecule has 0 unspecified atom stereocenters. The molecule has 2 rings (SSSR count). The summed E-state index contributed by atoms with van der Waals surface area (Å²) in [6, 6.07) is 0.895. The molecular formula is C11H15F2N3S. The van der Waals surface area contributed by atoms with Crippen LogP contribution in [-0.4, -0.2) is 36.6 Å². The zero-order chi connectivity index (χ0) is 12.3. The van der Waals surface area contributed by atoms with Gasteiger partial charge in [0.2, 0.25) is 0 Å². The van der Waals surface area contributed by atoms with Gasteiger partial charge in [-0.3, -0.25) is 0 Å². The van der Waals surface area contributed by atoms with Crippen molar-refractivity contribution in [2.24, 2.45) is 0 Å². The second-order valence-electron chi connectivity index (χ2n) is 3.83. The van der Waals surface area contributed by atoms with Crippen molar-refractivity contribution in [3.8, 4) is 0 Å². The van der Waals surface area contributed by atoms with Crippen LogP contribution in [0.2, 0.25) is 0 Å². The van der Waals surface area contributed by atoms with E-state index >= 15 is 0 Å². The summed E-state index contributed by atoms with van der Waals surface area (Å²) in [7, 11) is 1.57. The second-order valence-corrected chi connectivity index (χ2v) is 5.05. The molecule has 1 aromatic heterocycles. The molecule has 1 aliphatic heterocycles. The van der Waals surface area contributed by atoms with Gasteiger partial charge in [0.05, 0.1) is 0 Å². The molecule has 1 aliphatic rings. The van der Waals surface area contributed by atoms with Gasteiger partial charge in [0.15, 0.2) is 23.3 Å². The molecular weight excluding hydrogens is 244 g/mol. The summed E-state index contributed by atoms with van der Waals surface area (Å²) in [4.78, 5) is 5.90. The van der Waals surface area contributed by atoms with Crippen molar-refractivity contribution < 1.29 is 8.78 Å². The van der Waals surface area contributed by atoms with E-state index in [-0.39, 0.29) is 11.6 Å². The lowest BCUT2D eigenvalue weighted by atomic mass is 10.3. The van der Waals surface area contributed by atoms with E-state index in [1.165, 1.54) is 0 Å². The zero-order valence-electron chi connectivity index (χ0n) is 9.67. The Kier molecular flexibility index (Phi) is 4.04. The summed E-state index contributed by atoms with van der Waals surface area (Å²) in [6.45, 7) is 1.52. The molecule has 1 N–H and O–H groups in total.